The molecule has 4 amide bonds. The Bertz CT molecular complexity index is 1240. The van der Waals surface area contributed by atoms with Gasteiger partial charge in [-0.3, -0.25) is 19.2 Å². The molecule has 0 spiro atoms. The number of halogens is 2. The third-order valence-corrected chi connectivity index (χ3v) is 6.85. The Kier molecular flexibility index (Phi) is 14.2. The predicted molar refractivity (Wildman–Crippen MR) is 161 cm³/mol. The highest BCUT2D eigenvalue weighted by Gasteiger charge is 2.24. The summed E-state index contributed by atoms with van der Waals surface area (Å²) in [7, 11) is 3.19. The van der Waals surface area contributed by atoms with Crippen LogP contribution < -0.4 is 10.6 Å². The Balaban J connectivity index is 2.21. The Hall–Kier alpha value is -3.86. The van der Waals surface area contributed by atoms with Crippen LogP contribution >= 0.6 is 0 Å². The minimum absolute atomic E-state index is 0.0157. The monoisotopic (exact) mass is 602 g/mol. The van der Waals surface area contributed by atoms with Crippen LogP contribution in [0.5, 0.6) is 0 Å². The van der Waals surface area contributed by atoms with Gasteiger partial charge in [-0.1, -0.05) is 13.8 Å². The molecule has 0 heterocycles. The summed E-state index contributed by atoms with van der Waals surface area (Å²) >= 11 is 0. The number of benzene rings is 2. The fourth-order valence-corrected chi connectivity index (χ4v) is 4.69. The van der Waals surface area contributed by atoms with Crippen molar-refractivity contribution in [3.05, 3.63) is 70.3 Å². The van der Waals surface area contributed by atoms with E-state index in [9.17, 15) is 33.1 Å². The first kappa shape index (κ1) is 35.3. The molecule has 2 rings (SSSR count). The lowest BCUT2D eigenvalue weighted by atomic mass is 9.97. The van der Waals surface area contributed by atoms with Gasteiger partial charge in [-0.05, 0) is 74.1 Å². The van der Waals surface area contributed by atoms with Gasteiger partial charge < -0.3 is 25.5 Å². The van der Waals surface area contributed by atoms with Crippen LogP contribution in [0, 0.1) is 18.6 Å². The zero-order valence-corrected chi connectivity index (χ0v) is 25.7. The molecule has 43 heavy (non-hydrogen) atoms. The number of aryl methyl sites for hydroxylation is 1. The van der Waals surface area contributed by atoms with Crippen molar-refractivity contribution in [2.24, 2.45) is 0 Å². The molecule has 0 aromatic heterocycles. The van der Waals surface area contributed by atoms with Gasteiger partial charge in [0.15, 0.2) is 0 Å². The number of hydrogen-bond donors (Lipinski definition) is 3. The van der Waals surface area contributed by atoms with Crippen molar-refractivity contribution >= 4 is 23.6 Å². The first-order valence-electron chi connectivity index (χ1n) is 14.7. The van der Waals surface area contributed by atoms with Gasteiger partial charge in [0.25, 0.3) is 11.8 Å². The lowest BCUT2D eigenvalue weighted by molar-refractivity contribution is -0.131. The molecule has 0 saturated carbocycles. The molecule has 0 unspecified atom stereocenters. The lowest BCUT2D eigenvalue weighted by Gasteiger charge is -2.25. The Morgan fingerprint density at radius 2 is 1.49 bits per heavy atom. The van der Waals surface area contributed by atoms with Crippen molar-refractivity contribution in [2.75, 3.05) is 33.7 Å². The SMILES string of the molecule is CCCN(CCC)C(=O)c1cc(C)cc(C(=O)N[C@H](Cc2cc(F)cc(F)c2)[C@@H](O)CCNC(=O)CCC(=O)N(C)C)c1. The fraction of sp³-hybridized carbons (Fsp3) is 0.500. The number of hydrogen-bond acceptors (Lipinski definition) is 5. The van der Waals surface area contributed by atoms with Crippen LogP contribution in [0.4, 0.5) is 8.78 Å². The lowest BCUT2D eigenvalue weighted by Crippen LogP contribution is -2.46. The highest BCUT2D eigenvalue weighted by Crippen LogP contribution is 2.16. The van der Waals surface area contributed by atoms with Gasteiger partial charge in [-0.2, -0.15) is 0 Å². The summed E-state index contributed by atoms with van der Waals surface area (Å²) in [6.07, 6.45) is 0.343. The topological polar surface area (TPSA) is 119 Å². The van der Waals surface area contributed by atoms with Crippen LogP contribution in [0.1, 0.15) is 77.8 Å². The van der Waals surface area contributed by atoms with E-state index < -0.39 is 29.7 Å². The van der Waals surface area contributed by atoms with Crippen LogP contribution in [0.15, 0.2) is 36.4 Å². The molecule has 236 valence electrons. The van der Waals surface area contributed by atoms with Crippen molar-refractivity contribution in [2.45, 2.75) is 71.4 Å². The van der Waals surface area contributed by atoms with Crippen molar-refractivity contribution < 1.29 is 33.1 Å². The first-order chi connectivity index (χ1) is 20.3. The maximum atomic E-state index is 13.9. The van der Waals surface area contributed by atoms with E-state index >= 15 is 0 Å². The minimum Gasteiger partial charge on any atom is -0.391 e. The second-order valence-electron chi connectivity index (χ2n) is 10.9. The highest BCUT2D eigenvalue weighted by atomic mass is 19.1. The second kappa shape index (κ2) is 17.3. The summed E-state index contributed by atoms with van der Waals surface area (Å²) in [4.78, 5) is 53.6. The molecule has 0 aliphatic rings. The second-order valence-corrected chi connectivity index (χ2v) is 10.9. The molecular weight excluding hydrogens is 558 g/mol. The average molecular weight is 603 g/mol. The predicted octanol–water partition coefficient (Wildman–Crippen LogP) is 3.61. The van der Waals surface area contributed by atoms with Crippen LogP contribution in [0.2, 0.25) is 0 Å². The van der Waals surface area contributed by atoms with E-state index in [1.54, 1.807) is 38.1 Å². The molecule has 2 aromatic carbocycles. The van der Waals surface area contributed by atoms with Gasteiger partial charge in [0, 0.05) is 63.8 Å². The number of nitrogens with zero attached hydrogens (tertiary/aromatic N) is 2. The van der Waals surface area contributed by atoms with Crippen LogP contribution in [-0.2, 0) is 16.0 Å². The number of nitrogens with one attached hydrogen (secondary N) is 2. The van der Waals surface area contributed by atoms with E-state index in [0.29, 0.717) is 24.2 Å². The van der Waals surface area contributed by atoms with Crippen molar-refractivity contribution in [3.8, 4) is 0 Å². The summed E-state index contributed by atoms with van der Waals surface area (Å²) in [6.45, 7) is 6.96. The van der Waals surface area contributed by atoms with E-state index in [0.717, 1.165) is 31.0 Å². The summed E-state index contributed by atoms with van der Waals surface area (Å²) in [5, 5.41) is 16.4. The quantitative estimate of drug-likeness (QED) is 0.271. The number of rotatable bonds is 16. The Labute approximate surface area is 252 Å². The zero-order valence-electron chi connectivity index (χ0n) is 25.7. The van der Waals surface area contributed by atoms with Gasteiger partial charge in [-0.15, -0.1) is 0 Å². The Morgan fingerprint density at radius 3 is 2.07 bits per heavy atom. The number of amides is 4. The molecule has 0 aliphatic carbocycles. The summed E-state index contributed by atoms with van der Waals surface area (Å²) in [5.41, 5.74) is 1.50. The zero-order chi connectivity index (χ0) is 32.1. The van der Waals surface area contributed by atoms with Crippen molar-refractivity contribution in [1.29, 1.82) is 0 Å². The molecule has 0 fully saturated rings. The van der Waals surface area contributed by atoms with Crippen LogP contribution in [-0.4, -0.2) is 84.4 Å². The number of aliphatic hydroxyl groups is 1. The average Bonchev–Trinajstić information content (AvgIpc) is 2.93. The maximum absolute atomic E-state index is 13.9. The minimum atomic E-state index is -1.20. The van der Waals surface area contributed by atoms with E-state index in [1.807, 2.05) is 13.8 Å². The molecular formula is C32H44F2N4O5. The van der Waals surface area contributed by atoms with Crippen molar-refractivity contribution in [1.82, 2.24) is 20.4 Å². The van der Waals surface area contributed by atoms with E-state index in [2.05, 4.69) is 10.6 Å². The molecule has 0 radical (unpaired) electrons. The van der Waals surface area contributed by atoms with Crippen LogP contribution in [0.25, 0.3) is 0 Å². The van der Waals surface area contributed by atoms with E-state index in [-0.39, 0.29) is 61.1 Å². The third kappa shape index (κ3) is 11.7. The summed E-state index contributed by atoms with van der Waals surface area (Å²) in [5.74, 6) is -2.89. The van der Waals surface area contributed by atoms with Gasteiger partial charge in [0.05, 0.1) is 12.1 Å². The van der Waals surface area contributed by atoms with Crippen molar-refractivity contribution in [3.63, 3.8) is 0 Å². The highest BCUT2D eigenvalue weighted by molar-refractivity contribution is 6.00. The maximum Gasteiger partial charge on any atom is 0.253 e. The smallest absolute Gasteiger partial charge is 0.253 e. The van der Waals surface area contributed by atoms with E-state index in [1.165, 1.54) is 11.0 Å². The number of aliphatic hydroxyl groups excluding tert-OH is 1. The van der Waals surface area contributed by atoms with Gasteiger partial charge >= 0.3 is 0 Å². The van der Waals surface area contributed by atoms with Crippen LogP contribution in [0.3, 0.4) is 0 Å². The molecule has 0 bridgehead atoms. The molecule has 9 nitrogen and oxygen atoms in total. The number of carbonyl (C=O) groups excluding carboxylic acids is 4. The van der Waals surface area contributed by atoms with E-state index in [4.69, 9.17) is 0 Å². The molecule has 2 atom stereocenters. The Morgan fingerprint density at radius 1 is 0.884 bits per heavy atom. The number of carbonyl (C=O) groups is 4. The summed E-state index contributed by atoms with van der Waals surface area (Å²) < 4.78 is 27.8. The third-order valence-electron chi connectivity index (χ3n) is 6.85. The van der Waals surface area contributed by atoms with Gasteiger partial charge in [0.1, 0.15) is 11.6 Å². The molecule has 0 aliphatic heterocycles. The largest absolute Gasteiger partial charge is 0.391 e. The first-order valence-corrected chi connectivity index (χ1v) is 14.7. The summed E-state index contributed by atoms with van der Waals surface area (Å²) in [6, 6.07) is 6.84. The molecule has 11 heteroatoms. The standard InChI is InChI=1S/C32H44F2N4O5/c1-6-12-38(13-7-2)32(43)24-15-21(3)14-23(19-24)31(42)36-27(18-22-16-25(33)20-26(34)17-22)28(39)10-11-35-29(40)8-9-30(41)37(4)5/h14-17,19-20,27-28,39H,6-13,18H2,1-5H3,(H,35,40)(H,36,42)/t27-,28+/m1/s1. The molecule has 3 N–H and O–H groups in total. The van der Waals surface area contributed by atoms with Gasteiger partial charge in [0.2, 0.25) is 11.8 Å². The van der Waals surface area contributed by atoms with Gasteiger partial charge in [-0.25, -0.2) is 8.78 Å². The molecule has 2 aromatic rings. The normalized spacial score (nSPS) is 12.3. The fourth-order valence-electron chi connectivity index (χ4n) is 4.69. The molecule has 0 saturated heterocycles.